The van der Waals surface area contributed by atoms with Gasteiger partial charge in [-0.3, -0.25) is 9.59 Å². The predicted molar refractivity (Wildman–Crippen MR) is 101 cm³/mol. The van der Waals surface area contributed by atoms with Crippen LogP contribution in [0.2, 0.25) is 0 Å². The monoisotopic (exact) mass is 410 g/mol. The van der Waals surface area contributed by atoms with E-state index >= 15 is 0 Å². The fraction of sp³-hybridized carbons (Fsp3) is 0.647. The summed E-state index contributed by atoms with van der Waals surface area (Å²) in [5.74, 6) is -1.70. The van der Waals surface area contributed by atoms with Gasteiger partial charge >= 0.3 is 0 Å². The van der Waals surface area contributed by atoms with E-state index in [1.54, 1.807) is 20.8 Å². The van der Waals surface area contributed by atoms with Gasteiger partial charge in [0.05, 0.1) is 40.0 Å². The zero-order valence-electron chi connectivity index (χ0n) is 15.5. The van der Waals surface area contributed by atoms with Crippen LogP contribution in [0.1, 0.15) is 27.2 Å². The van der Waals surface area contributed by atoms with Crippen molar-refractivity contribution >= 4 is 33.4 Å². The lowest BCUT2D eigenvalue weighted by molar-refractivity contribution is -0.130. The Balaban J connectivity index is 2.15. The third kappa shape index (κ3) is 4.28. The maximum Gasteiger partial charge on any atom is 0.243 e. The molecule has 0 aliphatic carbocycles. The van der Waals surface area contributed by atoms with Crippen molar-refractivity contribution in [1.82, 2.24) is 10.2 Å². The molecule has 8 nitrogen and oxygen atoms in total. The molecule has 2 amide bonds. The Morgan fingerprint density at radius 3 is 2.56 bits per heavy atom. The van der Waals surface area contributed by atoms with Gasteiger partial charge in [0, 0.05) is 18.0 Å². The molecule has 27 heavy (non-hydrogen) atoms. The van der Waals surface area contributed by atoms with Gasteiger partial charge in [-0.15, -0.1) is 0 Å². The quantitative estimate of drug-likeness (QED) is 0.708. The Hall–Kier alpha value is -2.04. The van der Waals surface area contributed by atoms with Crippen molar-refractivity contribution in [2.45, 2.75) is 33.2 Å². The van der Waals surface area contributed by atoms with Crippen LogP contribution >= 0.6 is 11.8 Å². The summed E-state index contributed by atoms with van der Waals surface area (Å²) in [5, 5.41) is 21.6. The summed E-state index contributed by atoms with van der Waals surface area (Å²) < 4.78 is 23.4. The topological polar surface area (TPSA) is 131 Å². The normalized spacial score (nSPS) is 26.0. The molecule has 1 N–H and O–H groups in total. The van der Waals surface area contributed by atoms with Gasteiger partial charge in [-0.05, 0) is 13.3 Å². The molecular weight excluding hydrogens is 388 g/mol. The van der Waals surface area contributed by atoms with Crippen molar-refractivity contribution in [3.63, 3.8) is 0 Å². The maximum atomic E-state index is 12.6. The highest BCUT2D eigenvalue weighted by Crippen LogP contribution is 2.41. The zero-order chi connectivity index (χ0) is 20.4. The summed E-state index contributed by atoms with van der Waals surface area (Å²) in [6.07, 6.45) is 0.423. The van der Waals surface area contributed by atoms with Gasteiger partial charge in [0.25, 0.3) is 0 Å². The van der Waals surface area contributed by atoms with Crippen LogP contribution in [0.5, 0.6) is 0 Å². The van der Waals surface area contributed by atoms with Gasteiger partial charge < -0.3 is 10.2 Å². The second-order valence-electron chi connectivity index (χ2n) is 7.11. The molecule has 0 spiro atoms. The number of carbonyl (C=O) groups is 2. The number of amides is 2. The molecule has 1 saturated heterocycles. The lowest BCUT2D eigenvalue weighted by atomic mass is 9.72. The number of nitriles is 2. The Morgan fingerprint density at radius 1 is 1.41 bits per heavy atom. The molecule has 0 saturated carbocycles. The first-order valence-electron chi connectivity index (χ1n) is 8.55. The number of thioether (sulfide) groups is 1. The van der Waals surface area contributed by atoms with E-state index in [-0.39, 0.29) is 39.8 Å². The number of hydrogen-bond donors (Lipinski definition) is 1. The van der Waals surface area contributed by atoms with Crippen LogP contribution in [-0.4, -0.2) is 55.0 Å². The van der Waals surface area contributed by atoms with Crippen LogP contribution in [-0.2, 0) is 19.4 Å². The summed E-state index contributed by atoms with van der Waals surface area (Å²) in [7, 11) is -3.10. The Labute approximate surface area is 163 Å². The van der Waals surface area contributed by atoms with Crippen LogP contribution < -0.4 is 5.32 Å². The predicted octanol–water partition coefficient (Wildman–Crippen LogP) is 0.786. The largest absolute Gasteiger partial charge is 0.338 e. The zero-order valence-corrected chi connectivity index (χ0v) is 17.1. The number of carbonyl (C=O) groups excluding carboxylic acids is 2. The van der Waals surface area contributed by atoms with E-state index in [9.17, 15) is 28.5 Å². The van der Waals surface area contributed by atoms with Gasteiger partial charge in [0.2, 0.25) is 11.8 Å². The van der Waals surface area contributed by atoms with Crippen molar-refractivity contribution < 1.29 is 18.0 Å². The van der Waals surface area contributed by atoms with Gasteiger partial charge in [-0.2, -0.15) is 10.5 Å². The third-order valence-corrected chi connectivity index (χ3v) is 7.72. The van der Waals surface area contributed by atoms with Crippen molar-refractivity contribution in [2.24, 2.45) is 11.3 Å². The van der Waals surface area contributed by atoms with E-state index in [1.165, 1.54) is 4.90 Å². The molecule has 0 radical (unpaired) electrons. The summed E-state index contributed by atoms with van der Waals surface area (Å²) >= 11 is 1.03. The summed E-state index contributed by atoms with van der Waals surface area (Å²) in [6, 6.07) is 3.64. The lowest BCUT2D eigenvalue weighted by Crippen LogP contribution is -2.45. The molecule has 2 heterocycles. The highest BCUT2D eigenvalue weighted by molar-refractivity contribution is 8.03. The first-order chi connectivity index (χ1) is 12.6. The molecular formula is C17H22N4O4S2. The number of hydrogen-bond acceptors (Lipinski definition) is 7. The third-order valence-electron chi connectivity index (χ3n) is 4.98. The average molecular weight is 411 g/mol. The van der Waals surface area contributed by atoms with E-state index in [1.807, 2.05) is 6.07 Å². The molecule has 0 unspecified atom stereocenters. The highest BCUT2D eigenvalue weighted by atomic mass is 32.2. The molecule has 0 bridgehead atoms. The summed E-state index contributed by atoms with van der Waals surface area (Å²) in [5.41, 5.74) is -0.695. The maximum absolute atomic E-state index is 12.6. The molecule has 0 aromatic heterocycles. The second-order valence-corrected chi connectivity index (χ2v) is 10.3. The Kier molecular flexibility index (Phi) is 6.23. The van der Waals surface area contributed by atoms with Gasteiger partial charge in [-0.1, -0.05) is 25.6 Å². The summed E-state index contributed by atoms with van der Waals surface area (Å²) in [6.45, 7) is 5.49. The number of allylic oxidation sites excluding steroid dienone is 1. The van der Waals surface area contributed by atoms with Crippen LogP contribution in [0.25, 0.3) is 0 Å². The average Bonchev–Trinajstić information content (AvgIpc) is 2.92. The van der Waals surface area contributed by atoms with Gasteiger partial charge in [-0.25, -0.2) is 8.42 Å². The molecule has 1 fully saturated rings. The minimum atomic E-state index is -3.10. The number of nitrogens with one attached hydrogen (secondary N) is 1. The minimum Gasteiger partial charge on any atom is -0.338 e. The van der Waals surface area contributed by atoms with Crippen molar-refractivity contribution in [2.75, 3.05) is 23.8 Å². The van der Waals surface area contributed by atoms with Crippen LogP contribution in [0.15, 0.2) is 10.6 Å². The second kappa shape index (κ2) is 7.91. The standard InChI is InChI=1S/C17H22N4O4S2/c1-4-21(11-5-6-27(24,25)10-11)14(22)9-26-16-13(8-19)17(2,3)12(7-18)15(23)20-16/h11-12H,4-6,9-10H2,1-3H3,(H,20,23)/t11-,12-/m0/s1. The van der Waals surface area contributed by atoms with Gasteiger partial charge in [0.15, 0.2) is 9.84 Å². The van der Waals surface area contributed by atoms with E-state index in [0.717, 1.165) is 11.8 Å². The molecule has 0 aromatic carbocycles. The highest BCUT2D eigenvalue weighted by Gasteiger charge is 2.45. The van der Waals surface area contributed by atoms with Crippen LogP contribution in [0, 0.1) is 34.0 Å². The Morgan fingerprint density at radius 2 is 2.07 bits per heavy atom. The fourth-order valence-electron chi connectivity index (χ4n) is 3.41. The van der Waals surface area contributed by atoms with E-state index in [0.29, 0.717) is 13.0 Å². The first kappa shape index (κ1) is 21.3. The van der Waals surface area contributed by atoms with Crippen LogP contribution in [0.3, 0.4) is 0 Å². The molecule has 0 aromatic rings. The molecule has 2 aliphatic rings. The molecule has 10 heteroatoms. The van der Waals surface area contributed by atoms with Crippen LogP contribution in [0.4, 0.5) is 0 Å². The molecule has 2 atom stereocenters. The fourth-order valence-corrected chi connectivity index (χ4v) is 6.20. The molecule has 2 aliphatic heterocycles. The first-order valence-corrected chi connectivity index (χ1v) is 11.4. The molecule has 146 valence electrons. The smallest absolute Gasteiger partial charge is 0.243 e. The van der Waals surface area contributed by atoms with E-state index in [2.05, 4.69) is 11.4 Å². The Bertz CT molecular complexity index is 864. The minimum absolute atomic E-state index is 0.0293. The number of sulfone groups is 1. The van der Waals surface area contributed by atoms with E-state index in [4.69, 9.17) is 0 Å². The molecule has 2 rings (SSSR count). The van der Waals surface area contributed by atoms with Crippen molar-refractivity contribution in [3.8, 4) is 12.1 Å². The van der Waals surface area contributed by atoms with Gasteiger partial charge in [0.1, 0.15) is 5.92 Å². The number of rotatable bonds is 5. The number of nitrogens with zero attached hydrogens (tertiary/aromatic N) is 3. The summed E-state index contributed by atoms with van der Waals surface area (Å²) in [4.78, 5) is 26.3. The van der Waals surface area contributed by atoms with E-state index < -0.39 is 27.1 Å². The SMILES string of the molecule is CCN(C(=O)CSC1=C(C#N)C(C)(C)[C@@H](C#N)C(=O)N1)[C@H]1CCS(=O)(=O)C1. The lowest BCUT2D eigenvalue weighted by Gasteiger charge is -2.34. The van der Waals surface area contributed by atoms with Crippen molar-refractivity contribution in [1.29, 1.82) is 10.5 Å². The van der Waals surface area contributed by atoms with Crippen molar-refractivity contribution in [3.05, 3.63) is 10.6 Å².